The third kappa shape index (κ3) is 6.44. The molecule has 1 N–H and O–H groups in total. The van der Waals surface area contributed by atoms with Gasteiger partial charge in [-0.15, -0.1) is 0 Å². The van der Waals surface area contributed by atoms with Crippen molar-refractivity contribution in [3.05, 3.63) is 0 Å². The summed E-state index contributed by atoms with van der Waals surface area (Å²) in [5.41, 5.74) is 0. The molecule has 0 aromatic heterocycles. The highest BCUT2D eigenvalue weighted by Gasteiger charge is 2.25. The van der Waals surface area contributed by atoms with E-state index in [9.17, 15) is 19.2 Å². The molecule has 0 fully saturated rings. The molecule has 0 aliphatic heterocycles. The molecule has 0 saturated carbocycles. The van der Waals surface area contributed by atoms with E-state index in [-0.39, 0.29) is 5.92 Å². The van der Waals surface area contributed by atoms with E-state index >= 15 is 0 Å². The summed E-state index contributed by atoms with van der Waals surface area (Å²) in [5.74, 6) is -3.25. The second-order valence-electron chi connectivity index (χ2n) is 4.15. The van der Waals surface area contributed by atoms with Gasteiger partial charge in [0, 0.05) is 13.8 Å². The van der Waals surface area contributed by atoms with Crippen LogP contribution in [0, 0.1) is 5.92 Å². The summed E-state index contributed by atoms with van der Waals surface area (Å²) in [6, 6.07) is -0.907. The predicted octanol–water partition coefficient (Wildman–Crippen LogP) is 0.196. The van der Waals surface area contributed by atoms with Crippen LogP contribution >= 0.6 is 0 Å². The van der Waals surface area contributed by atoms with E-state index in [1.165, 1.54) is 6.92 Å². The summed E-state index contributed by atoms with van der Waals surface area (Å²) in [5, 5.41) is 2.38. The first kappa shape index (κ1) is 15.3. The Hall–Kier alpha value is -1.72. The van der Waals surface area contributed by atoms with Gasteiger partial charge < -0.3 is 10.1 Å². The van der Waals surface area contributed by atoms with Gasteiger partial charge in [0.2, 0.25) is 11.7 Å². The number of hydrogen-bond acceptors (Lipinski definition) is 5. The molecule has 0 bridgehead atoms. The van der Waals surface area contributed by atoms with E-state index in [4.69, 9.17) is 0 Å². The summed E-state index contributed by atoms with van der Waals surface area (Å²) >= 11 is 0. The monoisotopic (exact) mass is 243 g/mol. The van der Waals surface area contributed by atoms with E-state index in [2.05, 4.69) is 10.1 Å². The maximum atomic E-state index is 11.5. The Kier molecular flexibility index (Phi) is 6.09. The molecule has 0 aromatic rings. The summed E-state index contributed by atoms with van der Waals surface area (Å²) < 4.78 is 4.33. The van der Waals surface area contributed by atoms with Crippen molar-refractivity contribution in [2.45, 2.75) is 40.2 Å². The fraction of sp³-hybridized carbons (Fsp3) is 0.636. The molecule has 17 heavy (non-hydrogen) atoms. The highest BCUT2D eigenvalue weighted by Crippen LogP contribution is 2.06. The van der Waals surface area contributed by atoms with E-state index in [0.29, 0.717) is 6.42 Å². The Morgan fingerprint density at radius 1 is 1.12 bits per heavy atom. The summed E-state index contributed by atoms with van der Waals surface area (Å²) in [6.07, 6.45) is 0.337. The van der Waals surface area contributed by atoms with E-state index in [1.807, 2.05) is 13.8 Å². The Morgan fingerprint density at radius 3 is 2.00 bits per heavy atom. The molecule has 0 heterocycles. The van der Waals surface area contributed by atoms with Crippen LogP contribution in [0.2, 0.25) is 0 Å². The second kappa shape index (κ2) is 6.78. The van der Waals surface area contributed by atoms with Crippen LogP contribution in [0.5, 0.6) is 0 Å². The largest absolute Gasteiger partial charge is 0.386 e. The van der Waals surface area contributed by atoms with Crippen molar-refractivity contribution >= 4 is 23.6 Å². The number of amides is 1. The minimum atomic E-state index is -1.21. The first-order valence-electron chi connectivity index (χ1n) is 5.27. The zero-order valence-corrected chi connectivity index (χ0v) is 10.4. The van der Waals surface area contributed by atoms with E-state index < -0.39 is 29.7 Å². The molecular formula is C11H17NO5. The lowest BCUT2D eigenvalue weighted by Gasteiger charge is -2.17. The second-order valence-corrected chi connectivity index (χ2v) is 4.15. The predicted molar refractivity (Wildman–Crippen MR) is 58.8 cm³/mol. The third-order valence-electron chi connectivity index (χ3n) is 1.85. The van der Waals surface area contributed by atoms with Crippen molar-refractivity contribution in [1.82, 2.24) is 5.32 Å². The van der Waals surface area contributed by atoms with Crippen molar-refractivity contribution < 1.29 is 23.9 Å². The van der Waals surface area contributed by atoms with Crippen molar-refractivity contribution in [2.24, 2.45) is 5.92 Å². The molecule has 0 saturated heterocycles. The van der Waals surface area contributed by atoms with Crippen molar-refractivity contribution in [3.63, 3.8) is 0 Å². The maximum Gasteiger partial charge on any atom is 0.381 e. The van der Waals surface area contributed by atoms with E-state index in [1.54, 1.807) is 0 Å². The molecule has 0 aromatic carbocycles. The highest BCUT2D eigenvalue weighted by atomic mass is 16.6. The molecule has 6 nitrogen and oxygen atoms in total. The van der Waals surface area contributed by atoms with Crippen molar-refractivity contribution in [2.75, 3.05) is 0 Å². The summed E-state index contributed by atoms with van der Waals surface area (Å²) in [7, 11) is 0. The number of carbonyl (C=O) groups excluding carboxylic acids is 4. The van der Waals surface area contributed by atoms with Gasteiger partial charge in [0.05, 0.1) is 0 Å². The van der Waals surface area contributed by atoms with Crippen LogP contribution in [0.3, 0.4) is 0 Å². The van der Waals surface area contributed by atoms with Crippen LogP contribution in [0.1, 0.15) is 34.1 Å². The van der Waals surface area contributed by atoms with Crippen LogP contribution < -0.4 is 5.32 Å². The van der Waals surface area contributed by atoms with Gasteiger partial charge in [-0.25, -0.2) is 9.59 Å². The van der Waals surface area contributed by atoms with Gasteiger partial charge in [0.25, 0.3) is 0 Å². The van der Waals surface area contributed by atoms with Crippen molar-refractivity contribution in [1.29, 1.82) is 0 Å². The molecule has 1 amide bonds. The van der Waals surface area contributed by atoms with Gasteiger partial charge in [-0.2, -0.15) is 0 Å². The number of esters is 2. The lowest BCUT2D eigenvalue weighted by Crippen LogP contribution is -2.42. The molecule has 96 valence electrons. The fourth-order valence-corrected chi connectivity index (χ4v) is 1.17. The first-order valence-corrected chi connectivity index (χ1v) is 5.27. The zero-order chi connectivity index (χ0) is 13.6. The number of carbonyl (C=O) groups is 4. The molecule has 1 atom stereocenters. The van der Waals surface area contributed by atoms with Crippen LogP contribution in [-0.4, -0.2) is 29.7 Å². The van der Waals surface area contributed by atoms with Gasteiger partial charge in [-0.1, -0.05) is 13.8 Å². The quantitative estimate of drug-likeness (QED) is 0.423. The zero-order valence-electron chi connectivity index (χ0n) is 10.4. The molecule has 0 aliphatic carbocycles. The molecule has 0 spiro atoms. The standard InChI is InChI=1S/C11H17NO5/c1-6(2)5-9(12-8(4)14)11(16)17-10(15)7(3)13/h6,9H,5H2,1-4H3,(H,12,14)/t9-/m0/s1. The molecule has 0 radical (unpaired) electrons. The Bertz CT molecular complexity index is 335. The molecular weight excluding hydrogens is 226 g/mol. The topological polar surface area (TPSA) is 89.5 Å². The minimum Gasteiger partial charge on any atom is -0.386 e. The molecule has 0 unspecified atom stereocenters. The van der Waals surface area contributed by atoms with Crippen LogP contribution in [-0.2, 0) is 23.9 Å². The van der Waals surface area contributed by atoms with Crippen LogP contribution in [0.4, 0.5) is 0 Å². The smallest absolute Gasteiger partial charge is 0.381 e. The fourth-order valence-electron chi connectivity index (χ4n) is 1.17. The number of nitrogens with one attached hydrogen (secondary N) is 1. The number of Topliss-reactive ketones (excluding diaryl/α,β-unsaturated/α-hetero) is 1. The van der Waals surface area contributed by atoms with Crippen molar-refractivity contribution in [3.8, 4) is 0 Å². The lowest BCUT2D eigenvalue weighted by atomic mass is 10.0. The van der Waals surface area contributed by atoms with Crippen LogP contribution in [0.15, 0.2) is 0 Å². The van der Waals surface area contributed by atoms with Gasteiger partial charge in [-0.3, -0.25) is 9.59 Å². The average Bonchev–Trinajstić information content (AvgIpc) is 2.14. The Labute approximate surface area is 99.7 Å². The normalized spacial score (nSPS) is 11.8. The Morgan fingerprint density at radius 2 is 1.65 bits per heavy atom. The first-order chi connectivity index (χ1) is 7.73. The average molecular weight is 243 g/mol. The highest BCUT2D eigenvalue weighted by molar-refractivity contribution is 6.34. The summed E-state index contributed by atoms with van der Waals surface area (Å²) in [6.45, 7) is 5.97. The lowest BCUT2D eigenvalue weighted by molar-refractivity contribution is -0.165. The number of ether oxygens (including phenoxy) is 1. The van der Waals surface area contributed by atoms with Gasteiger partial charge in [0.1, 0.15) is 6.04 Å². The van der Waals surface area contributed by atoms with Crippen LogP contribution in [0.25, 0.3) is 0 Å². The molecule has 6 heteroatoms. The molecule has 0 aliphatic rings. The Balaban J connectivity index is 4.57. The third-order valence-corrected chi connectivity index (χ3v) is 1.85. The molecule has 0 rings (SSSR count). The number of ketones is 1. The SMILES string of the molecule is CC(=O)N[C@@H](CC(C)C)C(=O)OC(=O)C(C)=O. The summed E-state index contributed by atoms with van der Waals surface area (Å²) in [4.78, 5) is 44.0. The van der Waals surface area contributed by atoms with Gasteiger partial charge >= 0.3 is 11.9 Å². The van der Waals surface area contributed by atoms with E-state index in [0.717, 1.165) is 6.92 Å². The maximum absolute atomic E-state index is 11.5. The number of rotatable bonds is 5. The minimum absolute atomic E-state index is 0.131. The number of hydrogen-bond donors (Lipinski definition) is 1. The van der Waals surface area contributed by atoms with Gasteiger partial charge in [-0.05, 0) is 12.3 Å². The van der Waals surface area contributed by atoms with Gasteiger partial charge in [0.15, 0.2) is 0 Å².